The number of fused-ring (bicyclic) bond motifs is 1. The van der Waals surface area contributed by atoms with Gasteiger partial charge in [-0.05, 0) is 45.0 Å². The van der Waals surface area contributed by atoms with Crippen LogP contribution in [0.4, 0.5) is 5.69 Å². The third kappa shape index (κ3) is 2.72. The Kier molecular flexibility index (Phi) is 4.07. The molecule has 2 aromatic carbocycles. The molecule has 5 nitrogen and oxygen atoms in total. The van der Waals surface area contributed by atoms with Gasteiger partial charge in [-0.3, -0.25) is 15.0 Å². The van der Waals surface area contributed by atoms with Crippen LogP contribution in [-0.4, -0.2) is 16.4 Å². The number of carbonyl (C=O) groups excluding carboxylic acids is 2. The highest BCUT2D eigenvalue weighted by Gasteiger charge is 2.34. The summed E-state index contributed by atoms with van der Waals surface area (Å²) in [4.78, 5) is 25.4. The van der Waals surface area contributed by atoms with Gasteiger partial charge in [0.15, 0.2) is 0 Å². The zero-order valence-corrected chi connectivity index (χ0v) is 15.6. The second-order valence-corrected chi connectivity index (χ2v) is 6.96. The van der Waals surface area contributed by atoms with Crippen molar-refractivity contribution >= 4 is 34.5 Å². The van der Waals surface area contributed by atoms with Crippen molar-refractivity contribution in [3.63, 3.8) is 0 Å². The number of rotatable bonds is 3. The molecular formula is C22H21N3O2. The summed E-state index contributed by atoms with van der Waals surface area (Å²) >= 11 is 0. The van der Waals surface area contributed by atoms with Gasteiger partial charge in [-0.2, -0.15) is 0 Å². The monoisotopic (exact) mass is 359 g/mol. The minimum absolute atomic E-state index is 0.147. The summed E-state index contributed by atoms with van der Waals surface area (Å²) in [5.41, 5.74) is 6.49. The van der Waals surface area contributed by atoms with Gasteiger partial charge in [-0.25, -0.2) is 5.01 Å². The largest absolute Gasteiger partial charge is 0.342 e. The molecule has 0 atom stereocenters. The van der Waals surface area contributed by atoms with Crippen LogP contribution in [0.2, 0.25) is 0 Å². The van der Waals surface area contributed by atoms with E-state index in [-0.39, 0.29) is 23.4 Å². The van der Waals surface area contributed by atoms with Crippen LogP contribution < -0.4 is 10.4 Å². The molecule has 136 valence electrons. The molecule has 1 aliphatic rings. The van der Waals surface area contributed by atoms with Gasteiger partial charge in [0, 0.05) is 28.2 Å². The van der Waals surface area contributed by atoms with Gasteiger partial charge in [-0.15, -0.1) is 0 Å². The Balaban J connectivity index is 1.84. The third-order valence-corrected chi connectivity index (χ3v) is 4.92. The number of nitrogens with zero attached hydrogens (tertiary/aromatic N) is 2. The van der Waals surface area contributed by atoms with Crippen LogP contribution in [0, 0.1) is 6.92 Å². The first kappa shape index (κ1) is 17.1. The number of hydrogen-bond donors (Lipinski definition) is 1. The summed E-state index contributed by atoms with van der Waals surface area (Å²) in [5.74, 6) is -0.725. The van der Waals surface area contributed by atoms with E-state index in [1.807, 2.05) is 43.3 Å². The maximum absolute atomic E-state index is 12.9. The van der Waals surface area contributed by atoms with Crippen molar-refractivity contribution < 1.29 is 9.59 Å². The van der Waals surface area contributed by atoms with E-state index in [0.717, 1.165) is 22.2 Å². The van der Waals surface area contributed by atoms with Crippen molar-refractivity contribution in [3.05, 3.63) is 71.4 Å². The highest BCUT2D eigenvalue weighted by molar-refractivity contribution is 6.32. The van der Waals surface area contributed by atoms with Gasteiger partial charge in [0.1, 0.15) is 5.57 Å². The predicted octanol–water partition coefficient (Wildman–Crippen LogP) is 3.99. The lowest BCUT2D eigenvalue weighted by molar-refractivity contribution is -0.117. The molecule has 1 N–H and O–H groups in total. The van der Waals surface area contributed by atoms with Gasteiger partial charge >= 0.3 is 0 Å². The lowest BCUT2D eigenvalue weighted by atomic mass is 10.1. The smallest absolute Gasteiger partial charge is 0.282 e. The summed E-state index contributed by atoms with van der Waals surface area (Å²) < 4.78 is 2.23. The molecule has 1 aromatic heterocycles. The average Bonchev–Trinajstić information content (AvgIpc) is 3.11. The lowest BCUT2D eigenvalue weighted by Crippen LogP contribution is -2.35. The number of hydrazine groups is 1. The van der Waals surface area contributed by atoms with E-state index >= 15 is 0 Å². The molecular weight excluding hydrogens is 338 g/mol. The topological polar surface area (TPSA) is 54.3 Å². The minimum atomic E-state index is -0.385. The molecule has 1 saturated heterocycles. The number of carbonyl (C=O) groups is 2. The Morgan fingerprint density at radius 1 is 0.963 bits per heavy atom. The number of nitrogens with one attached hydrogen (secondary N) is 1. The maximum atomic E-state index is 12.9. The van der Waals surface area contributed by atoms with E-state index in [9.17, 15) is 9.59 Å². The van der Waals surface area contributed by atoms with Crippen LogP contribution >= 0.6 is 0 Å². The Hall–Kier alpha value is -3.34. The molecule has 0 saturated carbocycles. The molecule has 0 aliphatic carbocycles. The van der Waals surface area contributed by atoms with E-state index in [2.05, 4.69) is 29.9 Å². The fraction of sp³-hybridized carbons (Fsp3) is 0.182. The molecule has 1 aliphatic heterocycles. The Bertz CT molecular complexity index is 1080. The van der Waals surface area contributed by atoms with Gasteiger partial charge in [-0.1, -0.05) is 36.4 Å². The molecule has 2 amide bonds. The highest BCUT2D eigenvalue weighted by atomic mass is 16.2. The van der Waals surface area contributed by atoms with E-state index in [4.69, 9.17) is 0 Å². The number of anilines is 1. The van der Waals surface area contributed by atoms with Crippen molar-refractivity contribution in [2.24, 2.45) is 0 Å². The van der Waals surface area contributed by atoms with Crippen molar-refractivity contribution in [1.82, 2.24) is 9.99 Å². The number of para-hydroxylation sites is 2. The number of benzene rings is 2. The normalized spacial score (nSPS) is 16.0. The van der Waals surface area contributed by atoms with E-state index in [1.54, 1.807) is 18.2 Å². The molecule has 0 spiro atoms. The van der Waals surface area contributed by atoms with Gasteiger partial charge < -0.3 is 4.57 Å². The van der Waals surface area contributed by atoms with E-state index in [0.29, 0.717) is 5.69 Å². The molecule has 27 heavy (non-hydrogen) atoms. The summed E-state index contributed by atoms with van der Waals surface area (Å²) in [6.07, 6.45) is 1.72. The second kappa shape index (κ2) is 6.43. The maximum Gasteiger partial charge on any atom is 0.282 e. The first-order chi connectivity index (χ1) is 13.0. The van der Waals surface area contributed by atoms with Crippen molar-refractivity contribution in [1.29, 1.82) is 0 Å². The van der Waals surface area contributed by atoms with E-state index in [1.165, 1.54) is 5.01 Å². The molecule has 5 heteroatoms. The summed E-state index contributed by atoms with van der Waals surface area (Å²) in [5, 5.41) is 2.33. The Morgan fingerprint density at radius 3 is 2.33 bits per heavy atom. The van der Waals surface area contributed by atoms with Crippen molar-refractivity contribution in [2.75, 3.05) is 5.01 Å². The molecule has 2 heterocycles. The second-order valence-electron chi connectivity index (χ2n) is 6.96. The van der Waals surface area contributed by atoms with Gasteiger partial charge in [0.25, 0.3) is 11.8 Å². The molecule has 4 rings (SSSR count). The Labute approximate surface area is 157 Å². The number of hydrogen-bond acceptors (Lipinski definition) is 2. The van der Waals surface area contributed by atoms with Crippen LogP contribution in [-0.2, 0) is 9.59 Å². The third-order valence-electron chi connectivity index (χ3n) is 4.92. The summed E-state index contributed by atoms with van der Waals surface area (Å²) in [6, 6.07) is 17.4. The fourth-order valence-electron chi connectivity index (χ4n) is 3.73. The summed E-state index contributed by atoms with van der Waals surface area (Å²) in [7, 11) is 0. The first-order valence-corrected chi connectivity index (χ1v) is 9.00. The average molecular weight is 359 g/mol. The zero-order valence-electron chi connectivity index (χ0n) is 15.6. The van der Waals surface area contributed by atoms with Crippen LogP contribution in [0.5, 0.6) is 0 Å². The predicted molar refractivity (Wildman–Crippen MR) is 107 cm³/mol. The standard InChI is InChI=1S/C22H21N3O2/c1-14(2)24-15(3)18(17-11-7-8-12-20(17)24)13-19-21(26)23-25(22(19)27)16-9-5-4-6-10-16/h4-14H,1-3H3,(H,23,26)/b19-13-. The molecule has 1 fully saturated rings. The highest BCUT2D eigenvalue weighted by Crippen LogP contribution is 2.31. The number of aromatic nitrogens is 1. The van der Waals surface area contributed by atoms with Crippen LogP contribution in [0.25, 0.3) is 17.0 Å². The van der Waals surface area contributed by atoms with Crippen LogP contribution in [0.1, 0.15) is 31.1 Å². The quantitative estimate of drug-likeness (QED) is 0.568. The van der Waals surface area contributed by atoms with Crippen molar-refractivity contribution in [2.45, 2.75) is 26.8 Å². The van der Waals surface area contributed by atoms with E-state index < -0.39 is 0 Å². The molecule has 0 radical (unpaired) electrons. The molecule has 0 unspecified atom stereocenters. The lowest BCUT2D eigenvalue weighted by Gasteiger charge is -2.13. The number of amides is 2. The minimum Gasteiger partial charge on any atom is -0.342 e. The first-order valence-electron chi connectivity index (χ1n) is 9.00. The molecule has 3 aromatic rings. The van der Waals surface area contributed by atoms with Gasteiger partial charge in [0.05, 0.1) is 5.69 Å². The SMILES string of the molecule is Cc1c(/C=C2/C(=O)NN(c3ccccc3)C2=O)c2ccccc2n1C(C)C. The van der Waals surface area contributed by atoms with Crippen molar-refractivity contribution in [3.8, 4) is 0 Å². The van der Waals surface area contributed by atoms with Gasteiger partial charge in [0.2, 0.25) is 0 Å². The summed E-state index contributed by atoms with van der Waals surface area (Å²) in [6.45, 7) is 6.28. The fourth-order valence-corrected chi connectivity index (χ4v) is 3.73. The zero-order chi connectivity index (χ0) is 19.1. The Morgan fingerprint density at radius 2 is 1.63 bits per heavy atom. The van der Waals surface area contributed by atoms with Crippen LogP contribution in [0.3, 0.4) is 0 Å². The van der Waals surface area contributed by atoms with Crippen LogP contribution in [0.15, 0.2) is 60.2 Å². The molecule has 0 bridgehead atoms.